The molecule has 1 fully saturated rings. The maximum atomic E-state index is 9.39. The Hall–Kier alpha value is -0.160. The number of hydrogen-bond donors (Lipinski definition) is 2. The minimum absolute atomic E-state index is 0.311. The highest BCUT2D eigenvalue weighted by Gasteiger charge is 2.34. The molecule has 0 aliphatic carbocycles. The van der Waals surface area contributed by atoms with Crippen LogP contribution in [0.15, 0.2) is 0 Å². The fourth-order valence-electron chi connectivity index (χ4n) is 1.26. The minimum atomic E-state index is -0.807. The topological polar surface area (TPSA) is 58.9 Å². The van der Waals surface area contributed by atoms with Gasteiger partial charge >= 0.3 is 0 Å². The summed E-state index contributed by atoms with van der Waals surface area (Å²) in [5.74, 6) is 0. The smallest absolute Gasteiger partial charge is 0.157 e. The van der Waals surface area contributed by atoms with E-state index in [0.717, 1.165) is 0 Å². The molecular formula is C7H14O4. The molecule has 1 heterocycles. The fraction of sp³-hybridized carbons (Fsp3) is 1.00. The SMILES string of the molecule is COC1C[C@H](O)O[C@@H](C)[C@@H]1O. The molecule has 1 rings (SSSR count). The van der Waals surface area contributed by atoms with Crippen molar-refractivity contribution in [1.29, 1.82) is 0 Å². The van der Waals surface area contributed by atoms with Crippen LogP contribution >= 0.6 is 0 Å². The van der Waals surface area contributed by atoms with Gasteiger partial charge in [0.1, 0.15) is 6.10 Å². The first-order valence-corrected chi connectivity index (χ1v) is 3.69. The summed E-state index contributed by atoms with van der Waals surface area (Å²) in [4.78, 5) is 0. The summed E-state index contributed by atoms with van der Waals surface area (Å²) < 4.78 is 9.91. The molecule has 1 aliphatic rings. The van der Waals surface area contributed by atoms with Crippen LogP contribution in [0.2, 0.25) is 0 Å². The lowest BCUT2D eigenvalue weighted by Crippen LogP contribution is -2.47. The number of methoxy groups -OCH3 is 1. The third-order valence-corrected chi connectivity index (χ3v) is 1.97. The number of hydrogen-bond acceptors (Lipinski definition) is 4. The van der Waals surface area contributed by atoms with Crippen LogP contribution in [-0.4, -0.2) is 41.9 Å². The van der Waals surface area contributed by atoms with Gasteiger partial charge in [-0.05, 0) is 6.92 Å². The third kappa shape index (κ3) is 1.90. The van der Waals surface area contributed by atoms with Gasteiger partial charge in [-0.15, -0.1) is 0 Å². The lowest BCUT2D eigenvalue weighted by Gasteiger charge is -2.34. The first kappa shape index (κ1) is 8.93. The highest BCUT2D eigenvalue weighted by molar-refractivity contribution is 4.80. The van der Waals surface area contributed by atoms with E-state index in [9.17, 15) is 5.11 Å². The summed E-state index contributed by atoms with van der Waals surface area (Å²) in [6, 6.07) is 0. The van der Waals surface area contributed by atoms with Gasteiger partial charge in [0.15, 0.2) is 6.29 Å². The van der Waals surface area contributed by atoms with Crippen molar-refractivity contribution in [3.8, 4) is 0 Å². The molecule has 1 aliphatic heterocycles. The van der Waals surface area contributed by atoms with Crippen LogP contribution in [0, 0.1) is 0 Å². The van der Waals surface area contributed by atoms with Gasteiger partial charge in [-0.1, -0.05) is 0 Å². The largest absolute Gasteiger partial charge is 0.388 e. The maximum absolute atomic E-state index is 9.39. The van der Waals surface area contributed by atoms with Crippen LogP contribution in [-0.2, 0) is 9.47 Å². The number of aliphatic hydroxyl groups excluding tert-OH is 2. The molecule has 4 nitrogen and oxygen atoms in total. The summed E-state index contributed by atoms with van der Waals surface area (Å²) in [6.45, 7) is 1.71. The van der Waals surface area contributed by atoms with Crippen molar-refractivity contribution in [3.63, 3.8) is 0 Å². The highest BCUT2D eigenvalue weighted by Crippen LogP contribution is 2.20. The van der Waals surface area contributed by atoms with Gasteiger partial charge in [0.05, 0.1) is 12.2 Å². The zero-order chi connectivity index (χ0) is 8.43. The predicted octanol–water partition coefficient (Wildman–Crippen LogP) is -0.510. The molecule has 0 saturated carbocycles. The fourth-order valence-corrected chi connectivity index (χ4v) is 1.26. The Kier molecular flexibility index (Phi) is 2.84. The second-order valence-electron chi connectivity index (χ2n) is 2.80. The molecular weight excluding hydrogens is 148 g/mol. The monoisotopic (exact) mass is 162 g/mol. The lowest BCUT2D eigenvalue weighted by atomic mass is 10.0. The molecule has 0 radical (unpaired) electrons. The molecule has 2 N–H and O–H groups in total. The molecule has 0 aromatic heterocycles. The van der Waals surface area contributed by atoms with Crippen molar-refractivity contribution in [3.05, 3.63) is 0 Å². The van der Waals surface area contributed by atoms with E-state index < -0.39 is 12.4 Å². The summed E-state index contributed by atoms with van der Waals surface area (Å²) >= 11 is 0. The molecule has 0 spiro atoms. The van der Waals surface area contributed by atoms with Crippen LogP contribution in [0.5, 0.6) is 0 Å². The van der Waals surface area contributed by atoms with Gasteiger partial charge in [-0.2, -0.15) is 0 Å². The number of aliphatic hydroxyl groups is 2. The van der Waals surface area contributed by atoms with Crippen LogP contribution in [0.25, 0.3) is 0 Å². The standard InChI is InChI=1S/C7H14O4/c1-4-7(9)5(10-2)3-6(8)11-4/h4-9H,3H2,1-2H3/t4-,5?,6+,7-/m0/s1. The Balaban J connectivity index is 2.51. The molecule has 1 saturated heterocycles. The van der Waals surface area contributed by atoms with Crippen molar-refractivity contribution in [2.24, 2.45) is 0 Å². The van der Waals surface area contributed by atoms with Crippen LogP contribution in [0.1, 0.15) is 13.3 Å². The second kappa shape index (κ2) is 3.49. The quantitative estimate of drug-likeness (QED) is 0.545. The first-order valence-electron chi connectivity index (χ1n) is 3.69. The van der Waals surface area contributed by atoms with Gasteiger partial charge in [0, 0.05) is 13.5 Å². The van der Waals surface area contributed by atoms with Crippen LogP contribution in [0.4, 0.5) is 0 Å². The van der Waals surface area contributed by atoms with Gasteiger partial charge in [-0.3, -0.25) is 0 Å². The molecule has 66 valence electrons. The summed E-state index contributed by atoms with van der Waals surface area (Å²) in [5, 5.41) is 18.5. The minimum Gasteiger partial charge on any atom is -0.388 e. The van der Waals surface area contributed by atoms with Crippen molar-refractivity contribution < 1.29 is 19.7 Å². The maximum Gasteiger partial charge on any atom is 0.157 e. The first-order chi connectivity index (χ1) is 5.15. The highest BCUT2D eigenvalue weighted by atomic mass is 16.6. The Morgan fingerprint density at radius 2 is 2.09 bits per heavy atom. The Morgan fingerprint density at radius 1 is 1.45 bits per heavy atom. The van der Waals surface area contributed by atoms with E-state index in [0.29, 0.717) is 6.42 Å². The average Bonchev–Trinajstić information content (AvgIpc) is 1.96. The Labute approximate surface area is 65.7 Å². The molecule has 0 bridgehead atoms. The molecule has 0 amide bonds. The molecule has 4 heteroatoms. The van der Waals surface area contributed by atoms with E-state index in [1.807, 2.05) is 0 Å². The zero-order valence-electron chi connectivity index (χ0n) is 6.73. The zero-order valence-corrected chi connectivity index (χ0v) is 6.73. The van der Waals surface area contributed by atoms with Gasteiger partial charge in [0.2, 0.25) is 0 Å². The Bertz CT molecular complexity index is 128. The average molecular weight is 162 g/mol. The summed E-state index contributed by atoms with van der Waals surface area (Å²) in [5.41, 5.74) is 0. The van der Waals surface area contributed by atoms with E-state index in [1.165, 1.54) is 7.11 Å². The molecule has 4 atom stereocenters. The van der Waals surface area contributed by atoms with Gasteiger partial charge in [0.25, 0.3) is 0 Å². The summed E-state index contributed by atoms with van der Waals surface area (Å²) in [6.07, 6.45) is -1.78. The lowest BCUT2D eigenvalue weighted by molar-refractivity contribution is -0.231. The summed E-state index contributed by atoms with van der Waals surface area (Å²) in [7, 11) is 1.51. The van der Waals surface area contributed by atoms with Crippen molar-refractivity contribution in [2.75, 3.05) is 7.11 Å². The van der Waals surface area contributed by atoms with Crippen molar-refractivity contribution in [1.82, 2.24) is 0 Å². The van der Waals surface area contributed by atoms with E-state index in [2.05, 4.69) is 0 Å². The van der Waals surface area contributed by atoms with E-state index in [-0.39, 0.29) is 12.2 Å². The van der Waals surface area contributed by atoms with E-state index in [1.54, 1.807) is 6.92 Å². The molecule has 1 unspecified atom stereocenters. The number of rotatable bonds is 1. The molecule has 0 aromatic rings. The molecule has 11 heavy (non-hydrogen) atoms. The van der Waals surface area contributed by atoms with Crippen LogP contribution < -0.4 is 0 Å². The second-order valence-corrected chi connectivity index (χ2v) is 2.80. The molecule has 0 aromatic carbocycles. The van der Waals surface area contributed by atoms with E-state index in [4.69, 9.17) is 14.6 Å². The van der Waals surface area contributed by atoms with Crippen molar-refractivity contribution in [2.45, 2.75) is 37.9 Å². The Morgan fingerprint density at radius 3 is 2.64 bits per heavy atom. The van der Waals surface area contributed by atoms with Crippen molar-refractivity contribution >= 4 is 0 Å². The predicted molar refractivity (Wildman–Crippen MR) is 38.0 cm³/mol. The van der Waals surface area contributed by atoms with Crippen LogP contribution in [0.3, 0.4) is 0 Å². The van der Waals surface area contributed by atoms with Gasteiger partial charge in [-0.25, -0.2) is 0 Å². The van der Waals surface area contributed by atoms with E-state index >= 15 is 0 Å². The normalized spacial score (nSPS) is 45.8. The third-order valence-electron chi connectivity index (χ3n) is 1.97. The number of ether oxygens (including phenoxy) is 2. The van der Waals surface area contributed by atoms with Gasteiger partial charge < -0.3 is 19.7 Å².